The zero-order chi connectivity index (χ0) is 16.3. The van der Waals surface area contributed by atoms with Gasteiger partial charge in [0.1, 0.15) is 5.82 Å². The van der Waals surface area contributed by atoms with Crippen LogP contribution in [0.2, 0.25) is 0 Å². The predicted octanol–water partition coefficient (Wildman–Crippen LogP) is 3.65. The summed E-state index contributed by atoms with van der Waals surface area (Å²) in [6.07, 6.45) is 0. The van der Waals surface area contributed by atoms with Gasteiger partial charge in [0.25, 0.3) is 5.91 Å². The molecule has 0 heterocycles. The standard InChI is InChI=1S/C17H17FN2O2/c1-10-5-4-6-14(11(10)2)17(22)20-16-9-13(19-12(3)21)7-8-15(16)18/h4-9H,1-3H3,(H,19,21)(H,20,22). The van der Waals surface area contributed by atoms with Crippen LogP contribution in [-0.4, -0.2) is 11.8 Å². The van der Waals surface area contributed by atoms with Crippen molar-refractivity contribution in [1.82, 2.24) is 0 Å². The first-order valence-electron chi connectivity index (χ1n) is 6.83. The molecular weight excluding hydrogens is 283 g/mol. The summed E-state index contributed by atoms with van der Waals surface area (Å²) in [4.78, 5) is 23.4. The number of amides is 2. The minimum Gasteiger partial charge on any atom is -0.326 e. The highest BCUT2D eigenvalue weighted by Gasteiger charge is 2.13. The second kappa shape index (κ2) is 6.39. The fraction of sp³-hybridized carbons (Fsp3) is 0.176. The van der Waals surface area contributed by atoms with Gasteiger partial charge in [-0.1, -0.05) is 12.1 Å². The van der Waals surface area contributed by atoms with E-state index in [-0.39, 0.29) is 17.5 Å². The highest BCUT2D eigenvalue weighted by Crippen LogP contribution is 2.21. The summed E-state index contributed by atoms with van der Waals surface area (Å²) in [5, 5.41) is 5.09. The van der Waals surface area contributed by atoms with Gasteiger partial charge in [0.15, 0.2) is 0 Å². The van der Waals surface area contributed by atoms with Gasteiger partial charge >= 0.3 is 0 Å². The molecule has 22 heavy (non-hydrogen) atoms. The number of anilines is 2. The van der Waals surface area contributed by atoms with Gasteiger partial charge in [0.05, 0.1) is 5.69 Å². The van der Waals surface area contributed by atoms with E-state index >= 15 is 0 Å². The molecule has 4 nitrogen and oxygen atoms in total. The molecule has 2 aromatic carbocycles. The van der Waals surface area contributed by atoms with Crippen molar-refractivity contribution >= 4 is 23.2 Å². The third-order valence-electron chi connectivity index (χ3n) is 3.38. The number of carbonyl (C=O) groups excluding carboxylic acids is 2. The Morgan fingerprint density at radius 3 is 2.45 bits per heavy atom. The Hall–Kier alpha value is -2.69. The van der Waals surface area contributed by atoms with Crippen LogP contribution in [0.15, 0.2) is 36.4 Å². The van der Waals surface area contributed by atoms with Crippen LogP contribution in [0.1, 0.15) is 28.4 Å². The molecule has 0 radical (unpaired) electrons. The van der Waals surface area contributed by atoms with E-state index in [0.29, 0.717) is 11.3 Å². The summed E-state index contributed by atoms with van der Waals surface area (Å²) in [6.45, 7) is 5.11. The maximum absolute atomic E-state index is 13.8. The van der Waals surface area contributed by atoms with E-state index in [1.165, 1.54) is 25.1 Å². The number of aryl methyl sites for hydroxylation is 1. The smallest absolute Gasteiger partial charge is 0.256 e. The van der Waals surface area contributed by atoms with E-state index < -0.39 is 5.82 Å². The summed E-state index contributed by atoms with van der Waals surface area (Å²) in [5.41, 5.74) is 2.77. The Kier molecular flexibility index (Phi) is 4.56. The van der Waals surface area contributed by atoms with E-state index in [1.54, 1.807) is 12.1 Å². The van der Waals surface area contributed by atoms with Crippen LogP contribution < -0.4 is 10.6 Å². The molecule has 0 fully saturated rings. The topological polar surface area (TPSA) is 58.2 Å². The van der Waals surface area contributed by atoms with Crippen LogP contribution in [0.4, 0.5) is 15.8 Å². The first-order valence-corrected chi connectivity index (χ1v) is 6.83. The number of nitrogens with one attached hydrogen (secondary N) is 2. The summed E-state index contributed by atoms with van der Waals surface area (Å²) >= 11 is 0. The predicted molar refractivity (Wildman–Crippen MR) is 84.6 cm³/mol. The fourth-order valence-corrected chi connectivity index (χ4v) is 2.09. The molecule has 0 atom stereocenters. The average Bonchev–Trinajstić information content (AvgIpc) is 2.45. The van der Waals surface area contributed by atoms with Crippen LogP contribution in [-0.2, 0) is 4.79 Å². The SMILES string of the molecule is CC(=O)Nc1ccc(F)c(NC(=O)c2cccc(C)c2C)c1. The van der Waals surface area contributed by atoms with E-state index in [4.69, 9.17) is 0 Å². The molecule has 0 aliphatic heterocycles. The van der Waals surface area contributed by atoms with Crippen molar-refractivity contribution in [3.05, 3.63) is 58.9 Å². The second-order valence-corrected chi connectivity index (χ2v) is 5.08. The molecule has 114 valence electrons. The Bertz CT molecular complexity index is 741. The van der Waals surface area contributed by atoms with Crippen molar-refractivity contribution in [2.75, 3.05) is 10.6 Å². The van der Waals surface area contributed by atoms with Gasteiger partial charge in [0.2, 0.25) is 5.91 Å². The number of benzene rings is 2. The van der Waals surface area contributed by atoms with Gasteiger partial charge in [-0.3, -0.25) is 9.59 Å². The molecule has 0 spiro atoms. The van der Waals surface area contributed by atoms with E-state index in [9.17, 15) is 14.0 Å². The van der Waals surface area contributed by atoms with Gasteiger partial charge < -0.3 is 10.6 Å². The highest BCUT2D eigenvalue weighted by molar-refractivity contribution is 6.05. The summed E-state index contributed by atoms with van der Waals surface area (Å²) < 4.78 is 13.8. The van der Waals surface area contributed by atoms with Crippen molar-refractivity contribution in [1.29, 1.82) is 0 Å². The summed E-state index contributed by atoms with van der Waals surface area (Å²) in [7, 11) is 0. The molecule has 2 rings (SSSR count). The zero-order valence-electron chi connectivity index (χ0n) is 12.7. The number of hydrogen-bond donors (Lipinski definition) is 2. The van der Waals surface area contributed by atoms with Gasteiger partial charge in [0, 0.05) is 18.2 Å². The van der Waals surface area contributed by atoms with E-state index in [2.05, 4.69) is 10.6 Å². The molecule has 0 aliphatic rings. The van der Waals surface area contributed by atoms with Crippen molar-refractivity contribution < 1.29 is 14.0 Å². The normalized spacial score (nSPS) is 10.2. The Morgan fingerprint density at radius 2 is 1.77 bits per heavy atom. The molecule has 2 amide bonds. The minimum absolute atomic E-state index is 0.0251. The Morgan fingerprint density at radius 1 is 1.05 bits per heavy atom. The largest absolute Gasteiger partial charge is 0.326 e. The van der Waals surface area contributed by atoms with Gasteiger partial charge in [-0.05, 0) is 49.2 Å². The van der Waals surface area contributed by atoms with Crippen LogP contribution >= 0.6 is 0 Å². The molecule has 0 saturated heterocycles. The maximum Gasteiger partial charge on any atom is 0.256 e. The molecule has 0 unspecified atom stereocenters. The average molecular weight is 300 g/mol. The summed E-state index contributed by atoms with van der Waals surface area (Å²) in [5.74, 6) is -1.22. The third kappa shape index (κ3) is 3.49. The molecule has 2 aromatic rings. The van der Waals surface area contributed by atoms with E-state index in [1.807, 2.05) is 19.9 Å². The van der Waals surface area contributed by atoms with Gasteiger partial charge in [-0.25, -0.2) is 4.39 Å². The minimum atomic E-state index is -0.562. The van der Waals surface area contributed by atoms with Crippen LogP contribution in [0, 0.1) is 19.7 Å². The van der Waals surface area contributed by atoms with Crippen molar-refractivity contribution in [2.45, 2.75) is 20.8 Å². The van der Waals surface area contributed by atoms with Crippen LogP contribution in [0.5, 0.6) is 0 Å². The number of hydrogen-bond acceptors (Lipinski definition) is 2. The zero-order valence-corrected chi connectivity index (χ0v) is 12.7. The van der Waals surface area contributed by atoms with Crippen LogP contribution in [0.25, 0.3) is 0 Å². The molecule has 0 saturated carbocycles. The molecule has 0 aromatic heterocycles. The van der Waals surface area contributed by atoms with Crippen molar-refractivity contribution in [3.8, 4) is 0 Å². The van der Waals surface area contributed by atoms with Crippen LogP contribution in [0.3, 0.4) is 0 Å². The summed E-state index contributed by atoms with van der Waals surface area (Å²) in [6, 6.07) is 9.40. The fourth-order valence-electron chi connectivity index (χ4n) is 2.09. The lowest BCUT2D eigenvalue weighted by molar-refractivity contribution is -0.114. The van der Waals surface area contributed by atoms with Gasteiger partial charge in [-0.2, -0.15) is 0 Å². The third-order valence-corrected chi connectivity index (χ3v) is 3.38. The highest BCUT2D eigenvalue weighted by atomic mass is 19.1. The Labute approximate surface area is 128 Å². The van der Waals surface area contributed by atoms with E-state index in [0.717, 1.165) is 11.1 Å². The monoisotopic (exact) mass is 300 g/mol. The first-order chi connectivity index (χ1) is 10.4. The van der Waals surface area contributed by atoms with Crippen molar-refractivity contribution in [3.63, 3.8) is 0 Å². The lowest BCUT2D eigenvalue weighted by Gasteiger charge is -2.11. The van der Waals surface area contributed by atoms with Crippen molar-refractivity contribution in [2.24, 2.45) is 0 Å². The quantitative estimate of drug-likeness (QED) is 0.909. The number of carbonyl (C=O) groups is 2. The molecular formula is C17H17FN2O2. The molecule has 0 aliphatic carbocycles. The number of halogens is 1. The molecule has 0 bridgehead atoms. The Balaban J connectivity index is 2.28. The molecule has 2 N–H and O–H groups in total. The lowest BCUT2D eigenvalue weighted by atomic mass is 10.0. The molecule has 5 heteroatoms. The van der Waals surface area contributed by atoms with Gasteiger partial charge in [-0.15, -0.1) is 0 Å². The first kappa shape index (κ1) is 15.7. The second-order valence-electron chi connectivity index (χ2n) is 5.08. The maximum atomic E-state index is 13.8. The lowest BCUT2D eigenvalue weighted by Crippen LogP contribution is -2.15. The number of rotatable bonds is 3.